The van der Waals surface area contributed by atoms with Crippen molar-refractivity contribution in [1.82, 2.24) is 9.55 Å². The molecular formula is C12H21N3O2. The normalized spacial score (nSPS) is 13.5. The largest absolute Gasteiger partial charge is 0.380 e. The van der Waals surface area contributed by atoms with E-state index in [-0.39, 0.29) is 17.2 Å². The van der Waals surface area contributed by atoms with Crippen molar-refractivity contribution in [2.45, 2.75) is 39.3 Å². The van der Waals surface area contributed by atoms with Gasteiger partial charge in [0.25, 0.3) is 5.56 Å². The van der Waals surface area contributed by atoms with Crippen LogP contribution in [0.5, 0.6) is 0 Å². The summed E-state index contributed by atoms with van der Waals surface area (Å²) >= 11 is 0. The van der Waals surface area contributed by atoms with E-state index in [1.165, 1.54) is 0 Å². The van der Waals surface area contributed by atoms with Crippen molar-refractivity contribution in [1.29, 1.82) is 0 Å². The second-order valence-electron chi connectivity index (χ2n) is 5.05. The maximum absolute atomic E-state index is 12.1. The Hall–Kier alpha value is -1.36. The Morgan fingerprint density at radius 3 is 2.71 bits per heavy atom. The zero-order chi connectivity index (χ0) is 13.1. The summed E-state index contributed by atoms with van der Waals surface area (Å²) in [6, 6.07) is 0. The van der Waals surface area contributed by atoms with E-state index >= 15 is 0 Å². The standard InChI is InChI=1S/C12H21N3O2/c1-9(17-5)8-14-10-11(16)15(7-6-13-10)12(2,3)4/h6-7,9H,8H2,1-5H3,(H,13,14). The molecule has 0 radical (unpaired) electrons. The van der Waals surface area contributed by atoms with Crippen molar-refractivity contribution in [3.8, 4) is 0 Å². The van der Waals surface area contributed by atoms with Crippen LogP contribution in [-0.4, -0.2) is 29.3 Å². The molecule has 0 bridgehead atoms. The van der Waals surface area contributed by atoms with Gasteiger partial charge in [-0.15, -0.1) is 0 Å². The third-order valence-corrected chi connectivity index (χ3v) is 2.52. The van der Waals surface area contributed by atoms with Crippen LogP contribution < -0.4 is 10.9 Å². The maximum atomic E-state index is 12.1. The topological polar surface area (TPSA) is 56.1 Å². The van der Waals surface area contributed by atoms with E-state index in [4.69, 9.17) is 4.74 Å². The minimum absolute atomic E-state index is 0.0412. The van der Waals surface area contributed by atoms with E-state index in [9.17, 15) is 4.79 Å². The van der Waals surface area contributed by atoms with Crippen molar-refractivity contribution in [3.63, 3.8) is 0 Å². The molecule has 1 unspecified atom stereocenters. The lowest BCUT2D eigenvalue weighted by molar-refractivity contribution is 0.128. The zero-order valence-electron chi connectivity index (χ0n) is 11.2. The highest BCUT2D eigenvalue weighted by Gasteiger charge is 2.16. The van der Waals surface area contributed by atoms with E-state index in [1.807, 2.05) is 27.7 Å². The van der Waals surface area contributed by atoms with E-state index in [2.05, 4.69) is 10.3 Å². The molecule has 1 aromatic rings. The third kappa shape index (κ3) is 3.56. The van der Waals surface area contributed by atoms with Gasteiger partial charge in [-0.3, -0.25) is 4.79 Å². The Bertz CT molecular complexity index is 420. The smallest absolute Gasteiger partial charge is 0.293 e. The van der Waals surface area contributed by atoms with Gasteiger partial charge in [-0.2, -0.15) is 0 Å². The molecule has 0 aliphatic heterocycles. The number of aromatic nitrogens is 2. The highest BCUT2D eigenvalue weighted by Crippen LogP contribution is 2.10. The molecule has 0 spiro atoms. The number of nitrogens with one attached hydrogen (secondary N) is 1. The van der Waals surface area contributed by atoms with Crippen molar-refractivity contribution in [2.24, 2.45) is 0 Å². The fourth-order valence-electron chi connectivity index (χ4n) is 1.38. The fraction of sp³-hybridized carbons (Fsp3) is 0.667. The molecule has 0 fully saturated rings. The summed E-state index contributed by atoms with van der Waals surface area (Å²) in [6.07, 6.45) is 3.37. The van der Waals surface area contributed by atoms with Gasteiger partial charge in [-0.1, -0.05) is 0 Å². The molecule has 1 heterocycles. The molecule has 0 aliphatic rings. The van der Waals surface area contributed by atoms with Crippen molar-refractivity contribution in [2.75, 3.05) is 19.0 Å². The molecule has 5 heteroatoms. The second-order valence-corrected chi connectivity index (χ2v) is 5.05. The first-order chi connectivity index (χ1) is 7.86. The summed E-state index contributed by atoms with van der Waals surface area (Å²) in [5.74, 6) is 0.367. The van der Waals surface area contributed by atoms with Crippen molar-refractivity contribution in [3.05, 3.63) is 22.7 Å². The van der Waals surface area contributed by atoms with Gasteiger partial charge < -0.3 is 14.6 Å². The second kappa shape index (κ2) is 5.31. The average Bonchev–Trinajstić information content (AvgIpc) is 2.25. The van der Waals surface area contributed by atoms with Gasteiger partial charge >= 0.3 is 0 Å². The summed E-state index contributed by atoms with van der Waals surface area (Å²) in [7, 11) is 1.64. The Morgan fingerprint density at radius 2 is 2.18 bits per heavy atom. The molecule has 0 saturated heterocycles. The lowest BCUT2D eigenvalue weighted by atomic mass is 10.1. The monoisotopic (exact) mass is 239 g/mol. The van der Waals surface area contributed by atoms with E-state index < -0.39 is 0 Å². The van der Waals surface area contributed by atoms with Crippen LogP contribution in [0.3, 0.4) is 0 Å². The minimum atomic E-state index is -0.247. The van der Waals surface area contributed by atoms with Crippen LogP contribution >= 0.6 is 0 Å². The third-order valence-electron chi connectivity index (χ3n) is 2.52. The van der Waals surface area contributed by atoms with Crippen LogP contribution in [0.15, 0.2) is 17.2 Å². The van der Waals surface area contributed by atoms with Gasteiger partial charge in [0, 0.05) is 31.6 Å². The van der Waals surface area contributed by atoms with E-state index in [0.29, 0.717) is 12.4 Å². The fourth-order valence-corrected chi connectivity index (χ4v) is 1.38. The van der Waals surface area contributed by atoms with Crippen molar-refractivity contribution < 1.29 is 4.74 Å². The molecule has 96 valence electrons. The van der Waals surface area contributed by atoms with Crippen LogP contribution in [0.4, 0.5) is 5.82 Å². The number of anilines is 1. The maximum Gasteiger partial charge on any atom is 0.293 e. The minimum Gasteiger partial charge on any atom is -0.380 e. The summed E-state index contributed by atoms with van der Waals surface area (Å²) in [6.45, 7) is 8.44. The molecule has 1 N–H and O–H groups in total. The summed E-state index contributed by atoms with van der Waals surface area (Å²) in [5.41, 5.74) is -0.355. The Labute approximate surface area is 102 Å². The number of rotatable bonds is 4. The Morgan fingerprint density at radius 1 is 1.53 bits per heavy atom. The average molecular weight is 239 g/mol. The van der Waals surface area contributed by atoms with Crippen molar-refractivity contribution >= 4 is 5.82 Å². The molecule has 1 atom stereocenters. The Balaban J connectivity index is 2.92. The molecule has 0 saturated carbocycles. The van der Waals surface area contributed by atoms with Crippen LogP contribution in [0.25, 0.3) is 0 Å². The van der Waals surface area contributed by atoms with Crippen LogP contribution in [0, 0.1) is 0 Å². The van der Waals surface area contributed by atoms with Crippen LogP contribution in [-0.2, 0) is 10.3 Å². The van der Waals surface area contributed by atoms with E-state index in [1.54, 1.807) is 24.1 Å². The first-order valence-electron chi connectivity index (χ1n) is 5.71. The van der Waals surface area contributed by atoms with Gasteiger partial charge in [0.2, 0.25) is 0 Å². The van der Waals surface area contributed by atoms with Gasteiger partial charge in [-0.05, 0) is 27.7 Å². The molecule has 17 heavy (non-hydrogen) atoms. The van der Waals surface area contributed by atoms with Gasteiger partial charge in [0.05, 0.1) is 6.10 Å². The van der Waals surface area contributed by atoms with Gasteiger partial charge in [-0.25, -0.2) is 4.98 Å². The first-order valence-corrected chi connectivity index (χ1v) is 5.71. The lowest BCUT2D eigenvalue weighted by Gasteiger charge is -2.22. The number of nitrogens with zero attached hydrogens (tertiary/aromatic N) is 2. The number of methoxy groups -OCH3 is 1. The number of hydrogen-bond acceptors (Lipinski definition) is 4. The highest BCUT2D eigenvalue weighted by molar-refractivity contribution is 5.31. The molecule has 5 nitrogen and oxygen atoms in total. The molecule has 0 aromatic carbocycles. The molecular weight excluding hydrogens is 218 g/mol. The lowest BCUT2D eigenvalue weighted by Crippen LogP contribution is -2.36. The SMILES string of the molecule is COC(C)CNc1nccn(C(C)(C)C)c1=O. The van der Waals surface area contributed by atoms with Crippen LogP contribution in [0.1, 0.15) is 27.7 Å². The van der Waals surface area contributed by atoms with Gasteiger partial charge in [0.1, 0.15) is 0 Å². The zero-order valence-corrected chi connectivity index (χ0v) is 11.2. The molecule has 1 rings (SSSR count). The highest BCUT2D eigenvalue weighted by atomic mass is 16.5. The van der Waals surface area contributed by atoms with Gasteiger partial charge in [0.15, 0.2) is 5.82 Å². The number of hydrogen-bond donors (Lipinski definition) is 1. The Kier molecular flexibility index (Phi) is 4.28. The summed E-state index contributed by atoms with van der Waals surface area (Å²) in [4.78, 5) is 16.2. The van der Waals surface area contributed by atoms with Crippen LogP contribution in [0.2, 0.25) is 0 Å². The predicted molar refractivity (Wildman–Crippen MR) is 68.5 cm³/mol. The first kappa shape index (κ1) is 13.7. The quantitative estimate of drug-likeness (QED) is 0.864. The summed E-state index contributed by atoms with van der Waals surface area (Å²) in [5, 5.41) is 3.01. The molecule has 1 aromatic heterocycles. The molecule has 0 aliphatic carbocycles. The predicted octanol–water partition coefficient (Wildman–Crippen LogP) is 1.45. The molecule has 0 amide bonds. The number of ether oxygens (including phenoxy) is 1. The summed E-state index contributed by atoms with van der Waals surface area (Å²) < 4.78 is 6.78. The van der Waals surface area contributed by atoms with E-state index in [0.717, 1.165) is 0 Å².